The first-order chi connectivity index (χ1) is 5.25. The fraction of sp³-hybridized carbons (Fsp3) is 0.250. The fourth-order valence-electron chi connectivity index (χ4n) is 0.904. The molecule has 0 aliphatic rings. The molecule has 0 radical (unpaired) electrons. The van der Waals surface area contributed by atoms with Crippen molar-refractivity contribution in [2.45, 2.75) is 13.8 Å². The van der Waals surface area contributed by atoms with Crippen LogP contribution in [-0.2, 0) is 4.58 Å². The normalized spacial score (nSPS) is 10.0. The van der Waals surface area contributed by atoms with Gasteiger partial charge in [-0.05, 0) is 31.0 Å². The molecule has 1 rings (SSSR count). The summed E-state index contributed by atoms with van der Waals surface area (Å²) < 4.78 is 4.70. The number of hydrogen-bond acceptors (Lipinski definition) is 2. The third-order valence-electron chi connectivity index (χ3n) is 1.73. The molecule has 0 N–H and O–H groups in total. The van der Waals surface area contributed by atoms with E-state index in [-0.39, 0.29) is 0 Å². The highest BCUT2D eigenvalue weighted by molar-refractivity contribution is 5.97. The average Bonchev–Trinajstić information content (AvgIpc) is 1.99. The molecule has 0 amide bonds. The minimum atomic E-state index is 0.597. The first kappa shape index (κ1) is 8.29. The van der Waals surface area contributed by atoms with Gasteiger partial charge >= 0.3 is 0 Å². The van der Waals surface area contributed by atoms with E-state index >= 15 is 0 Å². The zero-order valence-electron chi connectivity index (χ0n) is 7.05. The molecule has 0 saturated carbocycles. The summed E-state index contributed by atoms with van der Waals surface area (Å²) in [6, 6.07) is 5.91. The molecule has 11 heavy (non-hydrogen) atoms. The molecule has 2 nitrogen and oxygen atoms in total. The van der Waals surface area contributed by atoms with Gasteiger partial charge in [0.25, 0.3) is 0 Å². The summed E-state index contributed by atoms with van der Waals surface area (Å²) in [6.07, 6.45) is 0. The first-order valence-electron chi connectivity index (χ1n) is 3.52. The molecule has 0 spiro atoms. The first-order valence-corrected chi connectivity index (χ1v) is 4.34. The zero-order chi connectivity index (χ0) is 8.27. The summed E-state index contributed by atoms with van der Waals surface area (Å²) >= 11 is 0. The lowest BCUT2D eigenvalue weighted by Crippen LogP contribution is -1.95. The van der Waals surface area contributed by atoms with E-state index in [1.165, 1.54) is 5.56 Å². The van der Waals surface area contributed by atoms with Gasteiger partial charge in [-0.1, -0.05) is 12.1 Å². The molecular formula is C8H12O2Si. The van der Waals surface area contributed by atoms with Crippen molar-refractivity contribution in [1.82, 2.24) is 0 Å². The SMILES string of the molecule is Cc1cccc(OO[SiH3])c1C. The molecule has 0 bridgehead atoms. The Kier molecular flexibility index (Phi) is 2.68. The van der Waals surface area contributed by atoms with E-state index in [0.717, 1.165) is 11.3 Å². The highest BCUT2D eigenvalue weighted by Gasteiger charge is 2.00. The predicted molar refractivity (Wildman–Crippen MR) is 47.6 cm³/mol. The lowest BCUT2D eigenvalue weighted by atomic mass is 10.1. The van der Waals surface area contributed by atoms with Crippen molar-refractivity contribution in [3.63, 3.8) is 0 Å². The molecule has 0 saturated heterocycles. The van der Waals surface area contributed by atoms with Crippen LogP contribution in [0.5, 0.6) is 5.75 Å². The standard InChI is InChI=1S/C8H12O2Si/c1-6-4-3-5-8(7(6)2)9-10-11/h3-5H,1-2,11H3. The lowest BCUT2D eigenvalue weighted by Gasteiger charge is -2.06. The molecule has 1 aromatic carbocycles. The Morgan fingerprint density at radius 3 is 2.64 bits per heavy atom. The van der Waals surface area contributed by atoms with E-state index in [1.807, 2.05) is 19.1 Å². The topological polar surface area (TPSA) is 18.5 Å². The van der Waals surface area contributed by atoms with Gasteiger partial charge < -0.3 is 4.89 Å². The van der Waals surface area contributed by atoms with Gasteiger partial charge in [0.05, 0.1) is 0 Å². The third-order valence-corrected chi connectivity index (χ3v) is 1.89. The Hall–Kier alpha value is -0.803. The molecule has 0 aliphatic carbocycles. The van der Waals surface area contributed by atoms with Crippen LogP contribution in [0.4, 0.5) is 0 Å². The summed E-state index contributed by atoms with van der Waals surface area (Å²) in [5.74, 6) is 0.819. The zero-order valence-corrected chi connectivity index (χ0v) is 9.05. The van der Waals surface area contributed by atoms with Gasteiger partial charge in [0, 0.05) is 0 Å². The van der Waals surface area contributed by atoms with Gasteiger partial charge in [0.1, 0.15) is 0 Å². The molecule has 60 valence electrons. The predicted octanol–water partition coefficient (Wildman–Crippen LogP) is 0.894. The van der Waals surface area contributed by atoms with Crippen LogP contribution in [0.2, 0.25) is 0 Å². The Balaban J connectivity index is 2.96. The summed E-state index contributed by atoms with van der Waals surface area (Å²) in [5.41, 5.74) is 2.37. The third kappa shape index (κ3) is 1.82. The average molecular weight is 168 g/mol. The Morgan fingerprint density at radius 2 is 2.00 bits per heavy atom. The second kappa shape index (κ2) is 3.55. The molecule has 0 aromatic heterocycles. The second-order valence-corrected chi connectivity index (χ2v) is 2.78. The molecular weight excluding hydrogens is 156 g/mol. The van der Waals surface area contributed by atoms with Crippen LogP contribution >= 0.6 is 0 Å². The maximum Gasteiger partial charge on any atom is 0.209 e. The van der Waals surface area contributed by atoms with Crippen LogP contribution in [0.3, 0.4) is 0 Å². The Morgan fingerprint density at radius 1 is 1.27 bits per heavy atom. The maximum atomic E-state index is 4.98. The van der Waals surface area contributed by atoms with Crippen LogP contribution in [0.25, 0.3) is 0 Å². The molecule has 1 aromatic rings. The van der Waals surface area contributed by atoms with Crippen LogP contribution in [0.15, 0.2) is 18.2 Å². The monoisotopic (exact) mass is 168 g/mol. The minimum Gasteiger partial charge on any atom is -0.350 e. The molecule has 3 heteroatoms. The molecule has 0 unspecified atom stereocenters. The number of aryl methyl sites for hydroxylation is 1. The van der Waals surface area contributed by atoms with Crippen LogP contribution in [0.1, 0.15) is 11.1 Å². The van der Waals surface area contributed by atoms with E-state index in [2.05, 4.69) is 13.0 Å². The van der Waals surface area contributed by atoms with Crippen molar-refractivity contribution in [2.24, 2.45) is 0 Å². The Labute approximate surface area is 69.6 Å². The molecule has 0 aliphatic heterocycles. The van der Waals surface area contributed by atoms with Crippen molar-refractivity contribution in [1.29, 1.82) is 0 Å². The summed E-state index contributed by atoms with van der Waals surface area (Å²) in [4.78, 5) is 4.98. The minimum absolute atomic E-state index is 0.597. The maximum absolute atomic E-state index is 4.98. The number of hydrogen-bond donors (Lipinski definition) is 0. The van der Waals surface area contributed by atoms with E-state index in [0.29, 0.717) is 10.5 Å². The summed E-state index contributed by atoms with van der Waals surface area (Å²) in [5, 5.41) is 0. The summed E-state index contributed by atoms with van der Waals surface area (Å²) in [6.45, 7) is 4.07. The van der Waals surface area contributed by atoms with Crippen molar-refractivity contribution in [3.05, 3.63) is 29.3 Å². The van der Waals surface area contributed by atoms with Crippen molar-refractivity contribution < 1.29 is 9.46 Å². The van der Waals surface area contributed by atoms with Crippen molar-refractivity contribution in [3.8, 4) is 5.75 Å². The molecule has 0 atom stereocenters. The highest BCUT2D eigenvalue weighted by Crippen LogP contribution is 2.19. The smallest absolute Gasteiger partial charge is 0.209 e. The highest BCUT2D eigenvalue weighted by atomic mass is 28.2. The van der Waals surface area contributed by atoms with E-state index < -0.39 is 0 Å². The number of benzene rings is 1. The van der Waals surface area contributed by atoms with Gasteiger partial charge in [0.2, 0.25) is 10.5 Å². The van der Waals surface area contributed by atoms with E-state index in [9.17, 15) is 0 Å². The van der Waals surface area contributed by atoms with Gasteiger partial charge in [-0.3, -0.25) is 4.58 Å². The summed E-state index contributed by atoms with van der Waals surface area (Å²) in [7, 11) is 0.597. The number of rotatable bonds is 2. The van der Waals surface area contributed by atoms with Gasteiger partial charge in [-0.2, -0.15) is 0 Å². The largest absolute Gasteiger partial charge is 0.350 e. The van der Waals surface area contributed by atoms with E-state index in [4.69, 9.17) is 9.46 Å². The van der Waals surface area contributed by atoms with Crippen LogP contribution in [-0.4, -0.2) is 10.5 Å². The van der Waals surface area contributed by atoms with Crippen LogP contribution < -0.4 is 4.89 Å². The van der Waals surface area contributed by atoms with Gasteiger partial charge in [-0.15, -0.1) is 0 Å². The van der Waals surface area contributed by atoms with Crippen molar-refractivity contribution >= 4 is 10.5 Å². The van der Waals surface area contributed by atoms with Gasteiger partial charge in [0.15, 0.2) is 5.75 Å². The van der Waals surface area contributed by atoms with E-state index in [1.54, 1.807) is 0 Å². The van der Waals surface area contributed by atoms with Crippen molar-refractivity contribution in [2.75, 3.05) is 0 Å². The second-order valence-electron chi connectivity index (χ2n) is 2.45. The quantitative estimate of drug-likeness (QED) is 0.371. The fourth-order valence-corrected chi connectivity index (χ4v) is 1.08. The lowest BCUT2D eigenvalue weighted by molar-refractivity contribution is -0.0938. The molecule has 0 heterocycles. The van der Waals surface area contributed by atoms with Crippen LogP contribution in [0, 0.1) is 13.8 Å². The Bertz CT molecular complexity index is 248. The van der Waals surface area contributed by atoms with Gasteiger partial charge in [-0.25, -0.2) is 0 Å². The molecule has 0 fully saturated rings.